The van der Waals surface area contributed by atoms with E-state index in [0.717, 1.165) is 21.8 Å². The minimum Gasteiger partial charge on any atom is -0.465 e. The zero-order chi connectivity index (χ0) is 18.7. The lowest BCUT2D eigenvalue weighted by atomic mass is 10.2. The van der Waals surface area contributed by atoms with Crippen LogP contribution in [0.15, 0.2) is 35.5 Å². The van der Waals surface area contributed by atoms with E-state index in [1.807, 2.05) is 19.1 Å². The molecule has 0 aliphatic rings. The maximum atomic E-state index is 11.7. The second-order valence-corrected chi connectivity index (χ2v) is 7.40. The molecule has 9 heteroatoms. The van der Waals surface area contributed by atoms with E-state index in [-0.39, 0.29) is 11.7 Å². The monoisotopic (exact) mass is 411 g/mol. The third-order valence-electron chi connectivity index (χ3n) is 3.57. The normalized spacial score (nSPS) is 11.1. The predicted octanol–water partition coefficient (Wildman–Crippen LogP) is 3.34. The van der Waals surface area contributed by atoms with Crippen LogP contribution < -0.4 is 4.68 Å². The number of ether oxygens (including phenoxy) is 1. The average molecular weight is 412 g/mol. The Morgan fingerprint density at radius 3 is 2.88 bits per heavy atom. The van der Waals surface area contributed by atoms with E-state index in [1.54, 1.807) is 34.6 Å². The van der Waals surface area contributed by atoms with E-state index in [9.17, 15) is 4.79 Å². The van der Waals surface area contributed by atoms with Gasteiger partial charge in [0.2, 0.25) is 0 Å². The van der Waals surface area contributed by atoms with E-state index in [4.69, 9.17) is 27.9 Å². The molecule has 0 amide bonds. The van der Waals surface area contributed by atoms with Gasteiger partial charge in [0, 0.05) is 15.6 Å². The molecule has 3 rings (SSSR count). The molecule has 0 saturated carbocycles. The SMILES string of the molecule is CCOC(=O)CSc1cc(C)nn2cn[n+](Cc3ccc(Cl)cc3Cl)c12. The van der Waals surface area contributed by atoms with Gasteiger partial charge in [0.05, 0.1) is 18.1 Å². The highest BCUT2D eigenvalue weighted by Gasteiger charge is 2.21. The van der Waals surface area contributed by atoms with Gasteiger partial charge in [0.1, 0.15) is 11.4 Å². The molecule has 2 aromatic heterocycles. The second-order valence-electron chi connectivity index (χ2n) is 5.54. The van der Waals surface area contributed by atoms with Crippen LogP contribution in [0.1, 0.15) is 18.2 Å². The van der Waals surface area contributed by atoms with Crippen molar-refractivity contribution in [3.8, 4) is 0 Å². The molecule has 3 aromatic rings. The third kappa shape index (κ3) is 4.28. The van der Waals surface area contributed by atoms with Gasteiger partial charge in [-0.05, 0) is 37.1 Å². The lowest BCUT2D eigenvalue weighted by molar-refractivity contribution is -0.721. The first-order valence-electron chi connectivity index (χ1n) is 7.95. The number of carbonyl (C=O) groups is 1. The Labute approximate surface area is 165 Å². The van der Waals surface area contributed by atoms with Crippen molar-refractivity contribution in [2.75, 3.05) is 12.4 Å². The molecule has 136 valence electrons. The van der Waals surface area contributed by atoms with Crippen LogP contribution in [-0.4, -0.2) is 33.0 Å². The van der Waals surface area contributed by atoms with E-state index in [1.165, 1.54) is 11.8 Å². The number of benzene rings is 1. The van der Waals surface area contributed by atoms with Gasteiger partial charge < -0.3 is 4.74 Å². The number of aryl methyl sites for hydroxylation is 1. The molecule has 0 spiro atoms. The summed E-state index contributed by atoms with van der Waals surface area (Å²) in [6.07, 6.45) is 1.64. The molecule has 0 saturated heterocycles. The largest absolute Gasteiger partial charge is 0.465 e. The Balaban J connectivity index is 1.94. The van der Waals surface area contributed by atoms with Gasteiger partial charge in [0.15, 0.2) is 0 Å². The van der Waals surface area contributed by atoms with Gasteiger partial charge in [-0.25, -0.2) is 0 Å². The van der Waals surface area contributed by atoms with Crippen molar-refractivity contribution in [3.05, 3.63) is 51.9 Å². The molecule has 26 heavy (non-hydrogen) atoms. The number of halogens is 2. The number of hydrogen-bond donors (Lipinski definition) is 0. The predicted molar refractivity (Wildman–Crippen MR) is 101 cm³/mol. The third-order valence-corrected chi connectivity index (χ3v) is 5.15. The highest BCUT2D eigenvalue weighted by atomic mass is 35.5. The molecule has 0 unspecified atom stereocenters. The molecule has 0 bridgehead atoms. The summed E-state index contributed by atoms with van der Waals surface area (Å²) < 4.78 is 8.51. The summed E-state index contributed by atoms with van der Waals surface area (Å²) in [4.78, 5) is 12.6. The molecule has 0 aliphatic heterocycles. The minimum atomic E-state index is -0.253. The summed E-state index contributed by atoms with van der Waals surface area (Å²) >= 11 is 13.6. The van der Waals surface area contributed by atoms with Gasteiger partial charge in [-0.1, -0.05) is 38.9 Å². The quantitative estimate of drug-likeness (QED) is 0.353. The van der Waals surface area contributed by atoms with Crippen LogP contribution in [0.4, 0.5) is 0 Å². The summed E-state index contributed by atoms with van der Waals surface area (Å²) in [5, 5.41) is 10.0. The second kappa shape index (κ2) is 8.24. The molecule has 2 heterocycles. The number of thioether (sulfide) groups is 1. The average Bonchev–Trinajstić information content (AvgIpc) is 2.98. The van der Waals surface area contributed by atoms with Gasteiger partial charge in [0.25, 0.3) is 6.33 Å². The van der Waals surface area contributed by atoms with Crippen LogP contribution in [0.25, 0.3) is 5.65 Å². The van der Waals surface area contributed by atoms with Crippen LogP contribution in [0.2, 0.25) is 10.0 Å². The number of carbonyl (C=O) groups excluding carboxylic acids is 1. The van der Waals surface area contributed by atoms with Crippen molar-refractivity contribution in [2.24, 2.45) is 0 Å². The first-order chi connectivity index (χ1) is 12.5. The Morgan fingerprint density at radius 1 is 1.35 bits per heavy atom. The van der Waals surface area contributed by atoms with Crippen LogP contribution in [0, 0.1) is 6.92 Å². The molecule has 0 N–H and O–H groups in total. The van der Waals surface area contributed by atoms with Gasteiger partial charge >= 0.3 is 11.6 Å². The van der Waals surface area contributed by atoms with Crippen LogP contribution in [-0.2, 0) is 16.1 Å². The number of fused-ring (bicyclic) bond motifs is 1. The first kappa shape index (κ1) is 18.9. The van der Waals surface area contributed by atoms with E-state index >= 15 is 0 Å². The molecule has 0 fully saturated rings. The van der Waals surface area contributed by atoms with Gasteiger partial charge in [-0.15, -0.1) is 16.4 Å². The molecular formula is C17H17Cl2N4O2S+. The first-order valence-corrected chi connectivity index (χ1v) is 9.69. The number of hydrogen-bond acceptors (Lipinski definition) is 5. The zero-order valence-electron chi connectivity index (χ0n) is 14.3. The van der Waals surface area contributed by atoms with E-state index in [2.05, 4.69) is 10.2 Å². The fourth-order valence-electron chi connectivity index (χ4n) is 2.48. The van der Waals surface area contributed by atoms with Crippen molar-refractivity contribution in [2.45, 2.75) is 25.3 Å². The summed E-state index contributed by atoms with van der Waals surface area (Å²) in [7, 11) is 0. The standard InChI is InChI=1S/C17H17Cl2N4O2S/c1-3-25-16(24)9-26-15-6-11(2)21-23-10-20-22(17(15)23)8-12-4-5-13(18)7-14(12)19/h4-7,10H,3,8-9H2,1-2H3/q+1. The van der Waals surface area contributed by atoms with Crippen LogP contribution >= 0.6 is 35.0 Å². The van der Waals surface area contributed by atoms with Crippen molar-refractivity contribution in [3.63, 3.8) is 0 Å². The molecule has 1 aromatic carbocycles. The number of esters is 1. The van der Waals surface area contributed by atoms with E-state index in [0.29, 0.717) is 23.2 Å². The molecule has 0 radical (unpaired) electrons. The summed E-state index contributed by atoms with van der Waals surface area (Å²) in [5.74, 6) is -0.0308. The fourth-order valence-corrected chi connectivity index (χ4v) is 3.88. The number of aromatic nitrogens is 4. The highest BCUT2D eigenvalue weighted by molar-refractivity contribution is 8.00. The van der Waals surface area contributed by atoms with Gasteiger partial charge in [-0.2, -0.15) is 0 Å². The summed E-state index contributed by atoms with van der Waals surface area (Å²) in [6.45, 7) is 4.52. The fraction of sp³-hybridized carbons (Fsp3) is 0.294. The minimum absolute atomic E-state index is 0.222. The number of nitrogens with zero attached hydrogens (tertiary/aromatic N) is 4. The Hall–Kier alpha value is -1.83. The number of rotatable bonds is 6. The topological polar surface area (TPSA) is 60.4 Å². The van der Waals surface area contributed by atoms with Crippen molar-refractivity contribution in [1.82, 2.24) is 14.7 Å². The van der Waals surface area contributed by atoms with Crippen LogP contribution in [0.3, 0.4) is 0 Å². The highest BCUT2D eigenvalue weighted by Crippen LogP contribution is 2.24. The Morgan fingerprint density at radius 2 is 2.15 bits per heavy atom. The Kier molecular flexibility index (Phi) is 6.01. The van der Waals surface area contributed by atoms with Crippen molar-refractivity contribution < 1.29 is 14.2 Å². The maximum Gasteiger partial charge on any atom is 0.343 e. The van der Waals surface area contributed by atoms with E-state index < -0.39 is 0 Å². The Bertz CT molecular complexity index is 961. The van der Waals surface area contributed by atoms with Crippen molar-refractivity contribution in [1.29, 1.82) is 0 Å². The lowest BCUT2D eigenvalue weighted by Crippen LogP contribution is -2.37. The summed E-state index contributed by atoms with van der Waals surface area (Å²) in [6, 6.07) is 7.30. The molecule has 6 nitrogen and oxygen atoms in total. The van der Waals surface area contributed by atoms with Crippen LogP contribution in [0.5, 0.6) is 0 Å². The molecule has 0 aliphatic carbocycles. The van der Waals surface area contributed by atoms with Crippen molar-refractivity contribution >= 4 is 46.6 Å². The maximum absolute atomic E-state index is 11.7. The molecule has 0 atom stereocenters. The summed E-state index contributed by atoms with van der Waals surface area (Å²) in [5.41, 5.74) is 2.51. The lowest BCUT2D eigenvalue weighted by Gasteiger charge is -2.04. The molecular weight excluding hydrogens is 395 g/mol. The smallest absolute Gasteiger partial charge is 0.343 e. The zero-order valence-corrected chi connectivity index (χ0v) is 16.6. The van der Waals surface area contributed by atoms with Gasteiger partial charge in [-0.3, -0.25) is 4.79 Å².